The van der Waals surface area contributed by atoms with Gasteiger partial charge in [-0.2, -0.15) is 5.26 Å². The molecule has 8 nitrogen and oxygen atoms in total. The number of hydrogen-bond donors (Lipinski definition) is 1. The second-order valence-electron chi connectivity index (χ2n) is 7.34. The number of amides is 1. The predicted octanol–water partition coefficient (Wildman–Crippen LogP) is 3.70. The number of Topliss-reactive ketones (excluding diaryl/α,β-unsaturated/α-hetero) is 1. The van der Waals surface area contributed by atoms with Crippen molar-refractivity contribution in [2.45, 2.75) is 33.2 Å². The van der Waals surface area contributed by atoms with Crippen LogP contribution in [0.4, 0.5) is 0 Å². The van der Waals surface area contributed by atoms with Crippen molar-refractivity contribution in [1.82, 2.24) is 9.47 Å². The van der Waals surface area contributed by atoms with Gasteiger partial charge in [-0.25, -0.2) is 0 Å². The predicted molar refractivity (Wildman–Crippen MR) is 136 cm³/mol. The molecule has 0 atom stereocenters. The second kappa shape index (κ2) is 11.6. The van der Waals surface area contributed by atoms with E-state index in [4.69, 9.17) is 17.0 Å². The zero-order valence-corrected chi connectivity index (χ0v) is 21.1. The first kappa shape index (κ1) is 25.8. The summed E-state index contributed by atoms with van der Waals surface area (Å²) in [5.74, 6) is -1.25. The van der Waals surface area contributed by atoms with Crippen molar-refractivity contribution >= 4 is 57.4 Å². The van der Waals surface area contributed by atoms with Gasteiger partial charge in [-0.1, -0.05) is 30.0 Å². The Kier molecular flexibility index (Phi) is 8.79. The lowest BCUT2D eigenvalue weighted by molar-refractivity contribution is -0.122. The van der Waals surface area contributed by atoms with Gasteiger partial charge in [0.2, 0.25) is 5.88 Å². The monoisotopic (exact) mass is 517 g/mol. The molecule has 11 heteroatoms. The highest BCUT2D eigenvalue weighted by atomic mass is 32.2. The first-order chi connectivity index (χ1) is 16.3. The van der Waals surface area contributed by atoms with E-state index in [-0.39, 0.29) is 42.1 Å². The van der Waals surface area contributed by atoms with Crippen LogP contribution in [0.1, 0.15) is 46.1 Å². The van der Waals surface area contributed by atoms with Crippen LogP contribution < -0.4 is 5.56 Å². The van der Waals surface area contributed by atoms with Crippen LogP contribution in [0.5, 0.6) is 5.88 Å². The van der Waals surface area contributed by atoms with Gasteiger partial charge in [0.15, 0.2) is 5.78 Å². The van der Waals surface area contributed by atoms with Crippen LogP contribution in [0.2, 0.25) is 0 Å². The van der Waals surface area contributed by atoms with Crippen LogP contribution in [0.15, 0.2) is 27.2 Å². The van der Waals surface area contributed by atoms with Crippen LogP contribution in [0, 0.1) is 18.3 Å². The molecule has 1 N–H and O–H groups in total. The Bertz CT molecular complexity index is 1240. The Balaban J connectivity index is 1.80. The molecule has 178 valence electrons. The Labute approximate surface area is 210 Å². The number of nitriles is 1. The quantitative estimate of drug-likeness (QED) is 0.220. The van der Waals surface area contributed by atoms with Crippen molar-refractivity contribution in [3.63, 3.8) is 0 Å². The lowest BCUT2D eigenvalue weighted by atomic mass is 10.00. The van der Waals surface area contributed by atoms with Crippen LogP contribution >= 0.6 is 35.3 Å². The third kappa shape index (κ3) is 5.47. The largest absolute Gasteiger partial charge is 0.494 e. The van der Waals surface area contributed by atoms with E-state index in [1.807, 2.05) is 30.5 Å². The fraction of sp³-hybridized carbons (Fsp3) is 0.348. The summed E-state index contributed by atoms with van der Waals surface area (Å²) in [6, 6.07) is 5.62. The molecule has 2 aromatic heterocycles. The number of carbonyl (C=O) groups is 2. The van der Waals surface area contributed by atoms with Gasteiger partial charge in [-0.3, -0.25) is 23.9 Å². The van der Waals surface area contributed by atoms with Crippen molar-refractivity contribution in [2.24, 2.45) is 0 Å². The normalized spacial score (nSPS) is 14.7. The Morgan fingerprint density at radius 3 is 2.76 bits per heavy atom. The molecule has 3 heterocycles. The summed E-state index contributed by atoms with van der Waals surface area (Å²) in [5, 5.41) is 22.1. The topological polar surface area (TPSA) is 113 Å². The smallest absolute Gasteiger partial charge is 0.271 e. The third-order valence-corrected chi connectivity index (χ3v) is 7.40. The van der Waals surface area contributed by atoms with Gasteiger partial charge in [0, 0.05) is 37.6 Å². The molecule has 0 spiro atoms. The van der Waals surface area contributed by atoms with Crippen molar-refractivity contribution in [1.29, 1.82) is 5.26 Å². The van der Waals surface area contributed by atoms with E-state index in [9.17, 15) is 24.8 Å². The molecule has 1 aliphatic rings. The molecule has 34 heavy (non-hydrogen) atoms. The first-order valence-corrected chi connectivity index (χ1v) is 12.7. The van der Waals surface area contributed by atoms with Crippen LogP contribution in [-0.4, -0.2) is 50.3 Å². The average Bonchev–Trinajstić information content (AvgIpc) is 3.40. The van der Waals surface area contributed by atoms with E-state index in [0.717, 1.165) is 9.44 Å². The Hall–Kier alpha value is -2.78. The highest BCUT2D eigenvalue weighted by molar-refractivity contribution is 8.26. The number of thiophene rings is 1. The number of thiocarbonyl (C=S) groups is 1. The first-order valence-electron chi connectivity index (χ1n) is 10.6. The summed E-state index contributed by atoms with van der Waals surface area (Å²) in [7, 11) is 0. The highest BCUT2D eigenvalue weighted by Gasteiger charge is 2.33. The van der Waals surface area contributed by atoms with E-state index in [1.165, 1.54) is 34.9 Å². The molecular formula is C23H23N3O5S3. The Morgan fingerprint density at radius 1 is 1.35 bits per heavy atom. The van der Waals surface area contributed by atoms with E-state index < -0.39 is 17.2 Å². The molecule has 0 bridgehead atoms. The summed E-state index contributed by atoms with van der Waals surface area (Å²) in [6.07, 6.45) is 2.06. The third-order valence-electron chi connectivity index (χ3n) is 5.21. The van der Waals surface area contributed by atoms with Crippen LogP contribution in [0.3, 0.4) is 0 Å². The van der Waals surface area contributed by atoms with Crippen molar-refractivity contribution in [3.8, 4) is 11.9 Å². The standard InChI is InChI=1S/C23H23N3O5S3/c1-3-31-10-5-8-25-20(28)16(13-24)14(2)19(22(25)30)17(27)7-9-26-21(29)18(34-23(26)32)12-15-6-4-11-33-15/h4,6,11-12,30H,3,5,7-10H2,1-2H3/b18-12-. The molecule has 1 fully saturated rings. The number of rotatable bonds is 10. The van der Waals surface area contributed by atoms with E-state index in [0.29, 0.717) is 28.9 Å². The number of ketones is 1. The van der Waals surface area contributed by atoms with Gasteiger partial charge in [0.1, 0.15) is 16.0 Å². The van der Waals surface area contributed by atoms with E-state index in [2.05, 4.69) is 0 Å². The number of nitrogens with zero attached hydrogens (tertiary/aromatic N) is 3. The molecule has 3 rings (SSSR count). The maximum Gasteiger partial charge on any atom is 0.271 e. The van der Waals surface area contributed by atoms with Crippen LogP contribution in [0.25, 0.3) is 6.08 Å². The molecular weight excluding hydrogens is 494 g/mol. The Morgan fingerprint density at radius 2 is 2.12 bits per heavy atom. The lowest BCUT2D eigenvalue weighted by Gasteiger charge is -2.17. The van der Waals surface area contributed by atoms with Gasteiger partial charge in [0.25, 0.3) is 11.5 Å². The van der Waals surface area contributed by atoms with Crippen LogP contribution in [-0.2, 0) is 16.1 Å². The molecule has 2 aromatic rings. The molecule has 0 aliphatic carbocycles. The van der Waals surface area contributed by atoms with E-state index in [1.54, 1.807) is 6.08 Å². The minimum absolute atomic E-state index is 0.0233. The number of aromatic hydroxyl groups is 1. The summed E-state index contributed by atoms with van der Waals surface area (Å²) in [5.41, 5.74) is -0.811. The molecule has 1 amide bonds. The highest BCUT2D eigenvalue weighted by Crippen LogP contribution is 2.33. The maximum atomic E-state index is 13.1. The number of thioether (sulfide) groups is 1. The summed E-state index contributed by atoms with van der Waals surface area (Å²) in [4.78, 5) is 41.3. The van der Waals surface area contributed by atoms with E-state index >= 15 is 0 Å². The zero-order valence-electron chi connectivity index (χ0n) is 18.7. The number of hydrogen-bond acceptors (Lipinski definition) is 9. The molecule has 1 aliphatic heterocycles. The van der Waals surface area contributed by atoms with Gasteiger partial charge in [-0.15, -0.1) is 11.3 Å². The lowest BCUT2D eigenvalue weighted by Crippen LogP contribution is -2.31. The number of aromatic nitrogens is 1. The van der Waals surface area contributed by atoms with Crippen molar-refractivity contribution in [2.75, 3.05) is 19.8 Å². The summed E-state index contributed by atoms with van der Waals surface area (Å²) in [6.45, 7) is 4.31. The number of pyridine rings is 1. The minimum Gasteiger partial charge on any atom is -0.494 e. The maximum absolute atomic E-state index is 13.1. The molecule has 0 unspecified atom stereocenters. The summed E-state index contributed by atoms with van der Waals surface area (Å²) < 4.78 is 6.64. The van der Waals surface area contributed by atoms with Gasteiger partial charge < -0.3 is 9.84 Å². The zero-order chi connectivity index (χ0) is 24.8. The average molecular weight is 518 g/mol. The summed E-state index contributed by atoms with van der Waals surface area (Å²) >= 11 is 8.00. The fourth-order valence-electron chi connectivity index (χ4n) is 3.49. The molecule has 0 saturated carbocycles. The SMILES string of the molecule is CCOCCCn1c(O)c(C(=O)CCN2C(=O)/C(=C/c3cccs3)SC2=S)c(C)c(C#N)c1=O. The van der Waals surface area contributed by atoms with Gasteiger partial charge in [-0.05, 0) is 43.4 Å². The molecule has 1 saturated heterocycles. The number of ether oxygens (including phenoxy) is 1. The minimum atomic E-state index is -0.652. The molecule has 0 radical (unpaired) electrons. The fourth-order valence-corrected chi connectivity index (χ4v) is 5.53. The van der Waals surface area contributed by atoms with Crippen molar-refractivity contribution in [3.05, 3.63) is 54.3 Å². The van der Waals surface area contributed by atoms with Gasteiger partial charge >= 0.3 is 0 Å². The van der Waals surface area contributed by atoms with Gasteiger partial charge in [0.05, 0.1) is 10.5 Å². The number of carbonyl (C=O) groups excluding carboxylic acids is 2. The van der Waals surface area contributed by atoms with Crippen molar-refractivity contribution < 1.29 is 19.4 Å². The molecule has 0 aromatic carbocycles. The second-order valence-corrected chi connectivity index (χ2v) is 9.99.